The van der Waals surface area contributed by atoms with Crippen LogP contribution in [0.25, 0.3) is 6.08 Å². The number of carbonyl (C=O) groups is 2. The lowest BCUT2D eigenvalue weighted by Crippen LogP contribution is -2.31. The minimum Gasteiger partial charge on any atom is -0.481 e. The Morgan fingerprint density at radius 3 is 2.60 bits per heavy atom. The molecule has 1 aromatic heterocycles. The molecule has 0 fully saturated rings. The van der Waals surface area contributed by atoms with Crippen molar-refractivity contribution in [3.8, 4) is 0 Å². The summed E-state index contributed by atoms with van der Waals surface area (Å²) in [7, 11) is 1.85. The van der Waals surface area contributed by atoms with Crippen LogP contribution in [0.3, 0.4) is 0 Å². The predicted molar refractivity (Wildman–Crippen MR) is 76.2 cm³/mol. The second-order valence-corrected chi connectivity index (χ2v) is 4.88. The van der Waals surface area contributed by atoms with Crippen LogP contribution >= 0.6 is 0 Å². The van der Waals surface area contributed by atoms with Crippen molar-refractivity contribution in [1.29, 1.82) is 0 Å². The Hall–Kier alpha value is -2.11. The number of rotatable bonds is 6. The predicted octanol–water partition coefficient (Wildman–Crippen LogP) is 1.42. The summed E-state index contributed by atoms with van der Waals surface area (Å²) in [5, 5.41) is 15.6. The smallest absolute Gasteiger partial charge is 0.303 e. The maximum Gasteiger partial charge on any atom is 0.303 e. The van der Waals surface area contributed by atoms with Crippen molar-refractivity contribution in [3.63, 3.8) is 0 Å². The average Bonchev–Trinajstić information content (AvgIpc) is 2.59. The molecule has 0 bridgehead atoms. The zero-order valence-electron chi connectivity index (χ0n) is 12.3. The van der Waals surface area contributed by atoms with Crippen LogP contribution in [-0.4, -0.2) is 32.8 Å². The molecule has 110 valence electrons. The SMILES string of the molecule is Cc1nn(C)c(C)c1C=CC(=O)NC(C)CCC(=O)O. The van der Waals surface area contributed by atoms with E-state index in [9.17, 15) is 9.59 Å². The van der Waals surface area contributed by atoms with E-state index in [4.69, 9.17) is 5.11 Å². The number of carboxylic acid groups (broad SMARTS) is 1. The second kappa shape index (κ2) is 6.88. The number of aliphatic carboxylic acids is 1. The maximum atomic E-state index is 11.7. The first-order valence-corrected chi connectivity index (χ1v) is 6.51. The molecular formula is C14H21N3O3. The van der Waals surface area contributed by atoms with Crippen molar-refractivity contribution in [2.45, 2.75) is 39.7 Å². The fourth-order valence-electron chi connectivity index (χ4n) is 1.89. The van der Waals surface area contributed by atoms with E-state index in [-0.39, 0.29) is 18.4 Å². The Kier molecular flexibility index (Phi) is 5.49. The molecule has 0 spiro atoms. The third kappa shape index (κ3) is 4.53. The van der Waals surface area contributed by atoms with Crippen LogP contribution in [0.1, 0.15) is 36.7 Å². The number of nitrogens with one attached hydrogen (secondary N) is 1. The molecule has 0 saturated heterocycles. The molecule has 0 radical (unpaired) electrons. The van der Waals surface area contributed by atoms with E-state index >= 15 is 0 Å². The highest BCUT2D eigenvalue weighted by molar-refractivity contribution is 5.92. The highest BCUT2D eigenvalue weighted by Gasteiger charge is 2.09. The van der Waals surface area contributed by atoms with Gasteiger partial charge in [-0.25, -0.2) is 0 Å². The fourth-order valence-corrected chi connectivity index (χ4v) is 1.89. The normalized spacial score (nSPS) is 12.6. The molecule has 6 heteroatoms. The molecule has 1 rings (SSSR count). The molecule has 1 heterocycles. The monoisotopic (exact) mass is 279 g/mol. The van der Waals surface area contributed by atoms with Gasteiger partial charge in [0, 0.05) is 36.8 Å². The van der Waals surface area contributed by atoms with Gasteiger partial charge in [-0.15, -0.1) is 0 Å². The van der Waals surface area contributed by atoms with Gasteiger partial charge in [0.25, 0.3) is 0 Å². The third-order valence-electron chi connectivity index (χ3n) is 3.15. The standard InChI is InChI=1S/C14H21N3O3/c1-9(5-8-14(19)20)15-13(18)7-6-12-10(2)16-17(4)11(12)3/h6-7,9H,5,8H2,1-4H3,(H,15,18)(H,19,20). The van der Waals surface area contributed by atoms with Crippen molar-refractivity contribution < 1.29 is 14.7 Å². The van der Waals surface area contributed by atoms with Crippen molar-refractivity contribution >= 4 is 18.0 Å². The number of nitrogens with zero attached hydrogens (tertiary/aromatic N) is 2. The highest BCUT2D eigenvalue weighted by atomic mass is 16.4. The highest BCUT2D eigenvalue weighted by Crippen LogP contribution is 2.13. The Morgan fingerprint density at radius 1 is 1.45 bits per heavy atom. The summed E-state index contributed by atoms with van der Waals surface area (Å²) >= 11 is 0. The van der Waals surface area contributed by atoms with Crippen LogP contribution in [0.5, 0.6) is 0 Å². The second-order valence-electron chi connectivity index (χ2n) is 4.88. The first-order valence-electron chi connectivity index (χ1n) is 6.51. The minimum absolute atomic E-state index is 0.0476. The average molecular weight is 279 g/mol. The van der Waals surface area contributed by atoms with Gasteiger partial charge in [-0.3, -0.25) is 14.3 Å². The summed E-state index contributed by atoms with van der Waals surface area (Å²) in [4.78, 5) is 22.2. The summed E-state index contributed by atoms with van der Waals surface area (Å²) in [6, 6.07) is -0.167. The van der Waals surface area contributed by atoms with E-state index < -0.39 is 5.97 Å². The van der Waals surface area contributed by atoms with Crippen LogP contribution in [0.4, 0.5) is 0 Å². The summed E-state index contributed by atoms with van der Waals surface area (Å²) in [6.07, 6.45) is 3.65. The zero-order valence-corrected chi connectivity index (χ0v) is 12.3. The largest absolute Gasteiger partial charge is 0.481 e. The van der Waals surface area contributed by atoms with Crippen molar-refractivity contribution in [2.75, 3.05) is 0 Å². The Labute approximate surface area is 118 Å². The molecule has 1 amide bonds. The first-order chi connectivity index (χ1) is 9.31. The van der Waals surface area contributed by atoms with Gasteiger partial charge >= 0.3 is 5.97 Å². The van der Waals surface area contributed by atoms with Gasteiger partial charge in [-0.1, -0.05) is 0 Å². The van der Waals surface area contributed by atoms with Crippen molar-refractivity contribution in [2.24, 2.45) is 7.05 Å². The van der Waals surface area contributed by atoms with Crippen LogP contribution in [-0.2, 0) is 16.6 Å². The Morgan fingerprint density at radius 2 is 2.10 bits per heavy atom. The number of carbonyl (C=O) groups excluding carboxylic acids is 1. The summed E-state index contributed by atoms with van der Waals surface area (Å²) in [5.41, 5.74) is 2.79. The van der Waals surface area contributed by atoms with Gasteiger partial charge < -0.3 is 10.4 Å². The Bertz CT molecular complexity index is 532. The van der Waals surface area contributed by atoms with Crippen LogP contribution in [0.2, 0.25) is 0 Å². The molecule has 6 nitrogen and oxygen atoms in total. The lowest BCUT2D eigenvalue weighted by atomic mass is 10.1. The number of aromatic nitrogens is 2. The van der Waals surface area contributed by atoms with E-state index in [0.29, 0.717) is 6.42 Å². The molecule has 0 saturated carbocycles. The minimum atomic E-state index is -0.858. The van der Waals surface area contributed by atoms with Crippen LogP contribution in [0.15, 0.2) is 6.08 Å². The number of carboxylic acids is 1. The molecular weight excluding hydrogens is 258 g/mol. The molecule has 0 aromatic carbocycles. The lowest BCUT2D eigenvalue weighted by molar-refractivity contribution is -0.137. The molecule has 20 heavy (non-hydrogen) atoms. The zero-order chi connectivity index (χ0) is 15.3. The Balaban J connectivity index is 2.57. The maximum absolute atomic E-state index is 11.7. The fraction of sp³-hybridized carbons (Fsp3) is 0.500. The van der Waals surface area contributed by atoms with E-state index in [1.54, 1.807) is 17.7 Å². The number of amides is 1. The quantitative estimate of drug-likeness (QED) is 0.771. The van der Waals surface area contributed by atoms with Gasteiger partial charge in [0.1, 0.15) is 0 Å². The molecule has 0 aliphatic rings. The molecule has 0 aliphatic heterocycles. The molecule has 1 aromatic rings. The third-order valence-corrected chi connectivity index (χ3v) is 3.15. The van der Waals surface area contributed by atoms with Crippen LogP contribution < -0.4 is 5.32 Å². The number of hydrogen-bond acceptors (Lipinski definition) is 3. The first kappa shape index (κ1) is 15.9. The van der Waals surface area contributed by atoms with E-state index in [1.165, 1.54) is 6.08 Å². The molecule has 1 atom stereocenters. The van der Waals surface area contributed by atoms with Gasteiger partial charge in [-0.05, 0) is 33.3 Å². The van der Waals surface area contributed by atoms with E-state index in [0.717, 1.165) is 17.0 Å². The topological polar surface area (TPSA) is 84.2 Å². The van der Waals surface area contributed by atoms with Crippen molar-refractivity contribution in [3.05, 3.63) is 23.0 Å². The summed E-state index contributed by atoms with van der Waals surface area (Å²) in [6.45, 7) is 5.61. The summed E-state index contributed by atoms with van der Waals surface area (Å²) < 4.78 is 1.77. The van der Waals surface area contributed by atoms with E-state index in [1.807, 2.05) is 20.9 Å². The summed E-state index contributed by atoms with van der Waals surface area (Å²) in [5.74, 6) is -1.09. The lowest BCUT2D eigenvalue weighted by Gasteiger charge is -2.10. The van der Waals surface area contributed by atoms with Gasteiger partial charge in [0.2, 0.25) is 5.91 Å². The van der Waals surface area contributed by atoms with Gasteiger partial charge in [0.05, 0.1) is 5.69 Å². The molecule has 1 unspecified atom stereocenters. The number of aryl methyl sites for hydroxylation is 2. The van der Waals surface area contributed by atoms with Crippen molar-refractivity contribution in [1.82, 2.24) is 15.1 Å². The van der Waals surface area contributed by atoms with Crippen LogP contribution in [0, 0.1) is 13.8 Å². The number of hydrogen-bond donors (Lipinski definition) is 2. The molecule has 0 aliphatic carbocycles. The van der Waals surface area contributed by atoms with Gasteiger partial charge in [-0.2, -0.15) is 5.10 Å². The van der Waals surface area contributed by atoms with E-state index in [2.05, 4.69) is 10.4 Å². The van der Waals surface area contributed by atoms with Gasteiger partial charge in [0.15, 0.2) is 0 Å². The molecule has 2 N–H and O–H groups in total.